The number of hydrogen-bond acceptors (Lipinski definition) is 5. The average Bonchev–Trinajstić information content (AvgIpc) is 2.99. The Hall–Kier alpha value is -0.950. The van der Waals surface area contributed by atoms with E-state index in [0.29, 0.717) is 0 Å². The first-order chi connectivity index (χ1) is 9.26. The van der Waals surface area contributed by atoms with Crippen molar-refractivity contribution in [2.45, 2.75) is 32.7 Å². The molecule has 0 aliphatic heterocycles. The first-order valence-corrected chi connectivity index (χ1v) is 7.74. The Morgan fingerprint density at radius 1 is 1.47 bits per heavy atom. The summed E-state index contributed by atoms with van der Waals surface area (Å²) in [5.41, 5.74) is 4.02. The van der Waals surface area contributed by atoms with E-state index in [9.17, 15) is 0 Å². The quantitative estimate of drug-likeness (QED) is 0.569. The van der Waals surface area contributed by atoms with E-state index in [-0.39, 0.29) is 6.04 Å². The maximum Gasteiger partial charge on any atom is 0.193 e. The molecule has 106 valence electrons. The van der Waals surface area contributed by atoms with E-state index in [0.717, 1.165) is 43.1 Å². The Kier molecular flexibility index (Phi) is 5.33. The van der Waals surface area contributed by atoms with Crippen LogP contribution in [-0.2, 0) is 6.42 Å². The molecule has 2 heterocycles. The Morgan fingerprint density at radius 2 is 2.26 bits per heavy atom. The van der Waals surface area contributed by atoms with E-state index in [4.69, 9.17) is 5.84 Å². The molecule has 2 aromatic rings. The van der Waals surface area contributed by atoms with E-state index in [1.807, 2.05) is 11.6 Å². The Balaban J connectivity index is 1.89. The molecule has 0 aliphatic rings. The molecule has 0 saturated heterocycles. The number of nitrogens with zero attached hydrogens (tertiary/aromatic N) is 3. The third-order valence-corrected chi connectivity index (χ3v) is 4.29. The van der Waals surface area contributed by atoms with Crippen LogP contribution in [0.5, 0.6) is 0 Å². The van der Waals surface area contributed by atoms with Gasteiger partial charge in [-0.2, -0.15) is 0 Å². The molecule has 6 heteroatoms. The minimum absolute atomic E-state index is 0.283. The summed E-state index contributed by atoms with van der Waals surface area (Å²) >= 11 is 1.66. The fourth-order valence-electron chi connectivity index (χ4n) is 2.25. The number of nitrogens with one attached hydrogen (secondary N) is 1. The molecule has 1 unspecified atom stereocenters. The minimum atomic E-state index is 0.283. The van der Waals surface area contributed by atoms with Crippen LogP contribution in [0.25, 0.3) is 4.96 Å². The minimum Gasteiger partial charge on any atom is -0.304 e. The van der Waals surface area contributed by atoms with Gasteiger partial charge in [0, 0.05) is 30.2 Å². The average molecular weight is 281 g/mol. The molecule has 0 fully saturated rings. The third-order valence-electron chi connectivity index (χ3n) is 3.52. The van der Waals surface area contributed by atoms with Gasteiger partial charge in [-0.25, -0.2) is 4.98 Å². The van der Waals surface area contributed by atoms with E-state index >= 15 is 0 Å². The summed E-state index contributed by atoms with van der Waals surface area (Å²) in [4.78, 5) is 8.06. The largest absolute Gasteiger partial charge is 0.304 e. The van der Waals surface area contributed by atoms with Crippen molar-refractivity contribution in [1.82, 2.24) is 19.7 Å². The molecule has 1 atom stereocenters. The van der Waals surface area contributed by atoms with Crippen molar-refractivity contribution in [3.8, 4) is 0 Å². The van der Waals surface area contributed by atoms with Crippen LogP contribution >= 0.6 is 11.3 Å². The Bertz CT molecular complexity index is 459. The maximum atomic E-state index is 5.66. The number of hydrogen-bond donors (Lipinski definition) is 2. The molecule has 0 amide bonds. The van der Waals surface area contributed by atoms with Crippen molar-refractivity contribution < 1.29 is 0 Å². The first kappa shape index (κ1) is 14.5. The second-order valence-corrected chi connectivity index (χ2v) is 5.58. The van der Waals surface area contributed by atoms with Gasteiger partial charge in [-0.15, -0.1) is 11.3 Å². The number of fused-ring (bicyclic) bond motifs is 1. The van der Waals surface area contributed by atoms with Crippen LogP contribution < -0.4 is 11.3 Å². The van der Waals surface area contributed by atoms with Crippen molar-refractivity contribution in [2.75, 3.05) is 19.6 Å². The van der Waals surface area contributed by atoms with Gasteiger partial charge in [0.1, 0.15) is 0 Å². The highest BCUT2D eigenvalue weighted by atomic mass is 32.1. The van der Waals surface area contributed by atoms with E-state index in [1.54, 1.807) is 11.3 Å². The number of hydrazine groups is 1. The lowest BCUT2D eigenvalue weighted by Crippen LogP contribution is -2.39. The number of thiazole rings is 1. The lowest BCUT2D eigenvalue weighted by atomic mass is 10.1. The molecule has 2 rings (SSSR count). The second kappa shape index (κ2) is 7.00. The Labute approximate surface area is 118 Å². The standard InChI is InChI=1S/C13H23N5S/c1-3-17(4-2)6-5-11(16-14)9-12-10-18-7-8-19-13(18)15-12/h7-8,10-11,16H,3-6,9,14H2,1-2H3. The zero-order chi connectivity index (χ0) is 13.7. The van der Waals surface area contributed by atoms with Crippen LogP contribution in [0, 0.1) is 0 Å². The van der Waals surface area contributed by atoms with Gasteiger partial charge in [0.05, 0.1) is 5.69 Å². The molecule has 3 N–H and O–H groups in total. The maximum absolute atomic E-state index is 5.66. The lowest BCUT2D eigenvalue weighted by molar-refractivity contribution is 0.280. The zero-order valence-electron chi connectivity index (χ0n) is 11.7. The van der Waals surface area contributed by atoms with Crippen LogP contribution in [0.15, 0.2) is 17.8 Å². The first-order valence-electron chi connectivity index (χ1n) is 6.86. The number of imidazole rings is 1. The molecule has 0 saturated carbocycles. The van der Waals surface area contributed by atoms with Crippen LogP contribution in [0.1, 0.15) is 26.0 Å². The summed E-state index contributed by atoms with van der Waals surface area (Å²) in [6.45, 7) is 7.64. The molecular weight excluding hydrogens is 258 g/mol. The van der Waals surface area contributed by atoms with E-state index in [1.165, 1.54) is 0 Å². The van der Waals surface area contributed by atoms with Gasteiger partial charge in [0.2, 0.25) is 0 Å². The highest BCUT2D eigenvalue weighted by Crippen LogP contribution is 2.13. The van der Waals surface area contributed by atoms with Crippen molar-refractivity contribution in [3.63, 3.8) is 0 Å². The van der Waals surface area contributed by atoms with E-state index in [2.05, 4.69) is 39.8 Å². The van der Waals surface area contributed by atoms with Gasteiger partial charge in [-0.1, -0.05) is 13.8 Å². The predicted octanol–water partition coefficient (Wildman–Crippen LogP) is 1.50. The van der Waals surface area contributed by atoms with Crippen LogP contribution in [0.3, 0.4) is 0 Å². The highest BCUT2D eigenvalue weighted by Gasteiger charge is 2.12. The number of nitrogens with two attached hydrogens (primary N) is 1. The summed E-state index contributed by atoms with van der Waals surface area (Å²) in [5, 5.41) is 2.05. The lowest BCUT2D eigenvalue weighted by Gasteiger charge is -2.21. The summed E-state index contributed by atoms with van der Waals surface area (Å²) in [6.07, 6.45) is 6.06. The zero-order valence-corrected chi connectivity index (χ0v) is 12.5. The van der Waals surface area contributed by atoms with Gasteiger partial charge in [0.15, 0.2) is 4.96 Å². The summed E-state index contributed by atoms with van der Waals surface area (Å²) in [7, 11) is 0. The van der Waals surface area contributed by atoms with Crippen LogP contribution in [-0.4, -0.2) is 40.0 Å². The fraction of sp³-hybridized carbons (Fsp3) is 0.615. The summed E-state index contributed by atoms with van der Waals surface area (Å²) < 4.78 is 2.07. The SMILES string of the molecule is CCN(CC)CCC(Cc1cn2ccsc2n1)NN. The summed E-state index contributed by atoms with van der Waals surface area (Å²) in [6, 6.07) is 0.283. The smallest absolute Gasteiger partial charge is 0.193 e. The molecule has 5 nitrogen and oxygen atoms in total. The van der Waals surface area contributed by atoms with Gasteiger partial charge in [-0.3, -0.25) is 15.7 Å². The number of rotatable bonds is 8. The predicted molar refractivity (Wildman–Crippen MR) is 80.3 cm³/mol. The normalized spacial score (nSPS) is 13.5. The van der Waals surface area contributed by atoms with Crippen molar-refractivity contribution >= 4 is 16.3 Å². The molecule has 0 aliphatic carbocycles. The van der Waals surface area contributed by atoms with Crippen LogP contribution in [0.2, 0.25) is 0 Å². The highest BCUT2D eigenvalue weighted by molar-refractivity contribution is 7.15. The summed E-state index contributed by atoms with van der Waals surface area (Å²) in [5.74, 6) is 5.66. The fourth-order valence-corrected chi connectivity index (χ4v) is 2.97. The molecule has 0 aromatic carbocycles. The second-order valence-electron chi connectivity index (χ2n) is 4.71. The topological polar surface area (TPSA) is 58.6 Å². The molecule has 2 aromatic heterocycles. The molecule has 0 bridgehead atoms. The third kappa shape index (κ3) is 3.76. The van der Waals surface area contributed by atoms with Crippen molar-refractivity contribution in [1.29, 1.82) is 0 Å². The van der Waals surface area contributed by atoms with Crippen molar-refractivity contribution in [2.24, 2.45) is 5.84 Å². The Morgan fingerprint density at radius 3 is 2.89 bits per heavy atom. The van der Waals surface area contributed by atoms with E-state index < -0.39 is 0 Å². The molecule has 0 spiro atoms. The van der Waals surface area contributed by atoms with Gasteiger partial charge in [0.25, 0.3) is 0 Å². The number of aromatic nitrogens is 2. The molecule has 0 radical (unpaired) electrons. The molecule has 19 heavy (non-hydrogen) atoms. The monoisotopic (exact) mass is 281 g/mol. The van der Waals surface area contributed by atoms with Gasteiger partial charge >= 0.3 is 0 Å². The molecular formula is C13H23N5S. The van der Waals surface area contributed by atoms with Gasteiger partial charge < -0.3 is 4.90 Å². The van der Waals surface area contributed by atoms with Crippen molar-refractivity contribution in [3.05, 3.63) is 23.5 Å². The van der Waals surface area contributed by atoms with Gasteiger partial charge in [-0.05, 0) is 26.1 Å². The van der Waals surface area contributed by atoms with Crippen LogP contribution in [0.4, 0.5) is 0 Å².